The highest BCUT2D eigenvalue weighted by molar-refractivity contribution is 9.11. The van der Waals surface area contributed by atoms with Gasteiger partial charge < -0.3 is 5.11 Å². The number of carbonyl (C=O) groups excluding carboxylic acids is 1. The predicted octanol–water partition coefficient (Wildman–Crippen LogP) is 2.81. The highest BCUT2D eigenvalue weighted by atomic mass is 79.9. The second kappa shape index (κ2) is 7.10. The van der Waals surface area contributed by atoms with Crippen LogP contribution in [0.1, 0.15) is 5.56 Å². The number of fused-ring (bicyclic) bond motifs is 1. The van der Waals surface area contributed by atoms with Crippen LogP contribution < -0.4 is 5.43 Å². The maximum absolute atomic E-state index is 12.0. The van der Waals surface area contributed by atoms with Gasteiger partial charge in [0.1, 0.15) is 17.8 Å². The molecule has 0 unspecified atom stereocenters. The molecule has 0 aliphatic carbocycles. The second-order valence-electron chi connectivity index (χ2n) is 4.85. The minimum absolute atomic E-state index is 0.00792. The summed E-state index contributed by atoms with van der Waals surface area (Å²) < 4.78 is 2.79. The van der Waals surface area contributed by atoms with Crippen LogP contribution in [0.5, 0.6) is 5.75 Å². The van der Waals surface area contributed by atoms with E-state index in [0.717, 1.165) is 15.5 Å². The Morgan fingerprint density at radius 2 is 2.12 bits per heavy atom. The van der Waals surface area contributed by atoms with Crippen molar-refractivity contribution in [2.75, 3.05) is 0 Å². The lowest BCUT2D eigenvalue weighted by Gasteiger charge is -2.03. The first-order valence-corrected chi connectivity index (χ1v) is 8.41. The van der Waals surface area contributed by atoms with Crippen LogP contribution in [0.3, 0.4) is 0 Å². The molecule has 0 radical (unpaired) electrons. The standard InChI is InChI=1S/C15H11Br2N5O2/c16-10-5-9(15(24)11(17)6-10)7-18-20-14(23)8-22-13-4-2-1-3-12(13)19-21-22/h1-7,24H,8H2,(H,20,23)/b18-7+. The minimum Gasteiger partial charge on any atom is -0.506 e. The van der Waals surface area contributed by atoms with Crippen LogP contribution in [-0.4, -0.2) is 32.2 Å². The van der Waals surface area contributed by atoms with Crippen LogP contribution >= 0.6 is 31.9 Å². The Labute approximate surface area is 153 Å². The van der Waals surface area contributed by atoms with Gasteiger partial charge in [-0.15, -0.1) is 5.10 Å². The summed E-state index contributed by atoms with van der Waals surface area (Å²) in [6.07, 6.45) is 1.36. The number of amides is 1. The molecule has 2 aromatic carbocycles. The molecule has 0 bridgehead atoms. The van der Waals surface area contributed by atoms with Crippen molar-refractivity contribution in [3.05, 3.63) is 50.9 Å². The van der Waals surface area contributed by atoms with Crippen LogP contribution in [0.15, 0.2) is 50.4 Å². The molecule has 1 heterocycles. The Balaban J connectivity index is 1.68. The van der Waals surface area contributed by atoms with Crippen LogP contribution in [-0.2, 0) is 11.3 Å². The molecule has 24 heavy (non-hydrogen) atoms. The zero-order chi connectivity index (χ0) is 17.1. The highest BCUT2D eigenvalue weighted by Crippen LogP contribution is 2.30. The van der Waals surface area contributed by atoms with E-state index in [2.05, 4.69) is 52.7 Å². The number of nitrogens with one attached hydrogen (secondary N) is 1. The molecule has 0 aliphatic rings. The largest absolute Gasteiger partial charge is 0.506 e. The van der Waals surface area contributed by atoms with Crippen molar-refractivity contribution in [2.24, 2.45) is 5.10 Å². The van der Waals surface area contributed by atoms with E-state index >= 15 is 0 Å². The Bertz CT molecular complexity index is 939. The third-order valence-corrected chi connectivity index (χ3v) is 4.23. The van der Waals surface area contributed by atoms with Gasteiger partial charge >= 0.3 is 0 Å². The molecule has 0 fully saturated rings. The van der Waals surface area contributed by atoms with Gasteiger partial charge in [-0.3, -0.25) is 4.79 Å². The molecule has 3 rings (SSSR count). The maximum Gasteiger partial charge on any atom is 0.261 e. The molecular weight excluding hydrogens is 442 g/mol. The lowest BCUT2D eigenvalue weighted by atomic mass is 10.2. The van der Waals surface area contributed by atoms with E-state index in [4.69, 9.17) is 0 Å². The number of nitrogens with zero attached hydrogens (tertiary/aromatic N) is 4. The molecule has 1 aromatic heterocycles. The van der Waals surface area contributed by atoms with Crippen molar-refractivity contribution >= 4 is 55.0 Å². The predicted molar refractivity (Wildman–Crippen MR) is 96.8 cm³/mol. The average molecular weight is 453 g/mol. The number of hydrogen-bond acceptors (Lipinski definition) is 5. The number of halogens is 2. The Morgan fingerprint density at radius 3 is 2.96 bits per heavy atom. The first-order valence-electron chi connectivity index (χ1n) is 6.83. The van der Waals surface area contributed by atoms with Gasteiger partial charge in [-0.2, -0.15) is 5.10 Å². The summed E-state index contributed by atoms with van der Waals surface area (Å²) in [6.45, 7) is -0.00792. The number of rotatable bonds is 4. The lowest BCUT2D eigenvalue weighted by Crippen LogP contribution is -2.23. The Kier molecular flexibility index (Phi) is 4.91. The van der Waals surface area contributed by atoms with E-state index in [-0.39, 0.29) is 18.2 Å². The van der Waals surface area contributed by atoms with Crippen LogP contribution in [0.2, 0.25) is 0 Å². The van der Waals surface area contributed by atoms with Gasteiger partial charge in [-0.25, -0.2) is 10.1 Å². The highest BCUT2D eigenvalue weighted by Gasteiger charge is 2.08. The fraction of sp³-hybridized carbons (Fsp3) is 0.0667. The molecule has 3 aromatic rings. The quantitative estimate of drug-likeness (QED) is 0.470. The van der Waals surface area contributed by atoms with Gasteiger partial charge in [0.15, 0.2) is 0 Å². The number of carbonyl (C=O) groups is 1. The summed E-state index contributed by atoms with van der Waals surface area (Å²) in [5, 5.41) is 21.7. The number of phenols is 1. The average Bonchev–Trinajstić information content (AvgIpc) is 2.95. The summed E-state index contributed by atoms with van der Waals surface area (Å²) in [5.74, 6) is -0.311. The monoisotopic (exact) mass is 451 g/mol. The van der Waals surface area contributed by atoms with Gasteiger partial charge in [0.2, 0.25) is 0 Å². The van der Waals surface area contributed by atoms with Crippen LogP contribution in [0.4, 0.5) is 0 Å². The summed E-state index contributed by atoms with van der Waals surface area (Å²) in [4.78, 5) is 12.0. The van der Waals surface area contributed by atoms with Crippen molar-refractivity contribution in [2.45, 2.75) is 6.54 Å². The van der Waals surface area contributed by atoms with Crippen molar-refractivity contribution in [1.82, 2.24) is 20.4 Å². The third-order valence-electron chi connectivity index (χ3n) is 3.16. The minimum atomic E-state index is -0.351. The van der Waals surface area contributed by atoms with Gasteiger partial charge in [-0.05, 0) is 40.2 Å². The summed E-state index contributed by atoms with van der Waals surface area (Å²) in [5.41, 5.74) is 4.35. The van der Waals surface area contributed by atoms with E-state index in [1.807, 2.05) is 24.3 Å². The topological polar surface area (TPSA) is 92.4 Å². The number of aromatic hydroxyl groups is 1. The number of hydrogen-bond donors (Lipinski definition) is 2. The van der Waals surface area contributed by atoms with E-state index < -0.39 is 0 Å². The second-order valence-corrected chi connectivity index (χ2v) is 6.62. The van der Waals surface area contributed by atoms with E-state index in [1.165, 1.54) is 10.9 Å². The number of phenolic OH excluding ortho intramolecular Hbond substituents is 1. The first-order chi connectivity index (χ1) is 11.5. The normalized spacial score (nSPS) is 11.2. The summed E-state index contributed by atoms with van der Waals surface area (Å²) in [6, 6.07) is 10.8. The fourth-order valence-corrected chi connectivity index (χ4v) is 3.32. The van der Waals surface area contributed by atoms with Crippen molar-refractivity contribution < 1.29 is 9.90 Å². The molecular formula is C15H11Br2N5O2. The Hall–Kier alpha value is -2.26. The molecule has 2 N–H and O–H groups in total. The van der Waals surface area contributed by atoms with E-state index in [0.29, 0.717) is 10.0 Å². The molecule has 9 heteroatoms. The number of para-hydroxylation sites is 1. The molecule has 0 spiro atoms. The van der Waals surface area contributed by atoms with Gasteiger partial charge in [0.05, 0.1) is 16.2 Å². The molecule has 0 saturated carbocycles. The van der Waals surface area contributed by atoms with E-state index in [9.17, 15) is 9.90 Å². The van der Waals surface area contributed by atoms with E-state index in [1.54, 1.807) is 12.1 Å². The SMILES string of the molecule is O=C(Cn1nnc2ccccc21)N/N=C/c1cc(Br)cc(Br)c1O. The summed E-state index contributed by atoms with van der Waals surface area (Å²) in [7, 11) is 0. The van der Waals surface area contributed by atoms with Gasteiger partial charge in [0, 0.05) is 10.0 Å². The number of aromatic nitrogens is 3. The van der Waals surface area contributed by atoms with Gasteiger partial charge in [-0.1, -0.05) is 33.3 Å². The first kappa shape index (κ1) is 16.6. The molecule has 0 atom stereocenters. The molecule has 0 aliphatic heterocycles. The zero-order valence-corrected chi connectivity index (χ0v) is 15.3. The van der Waals surface area contributed by atoms with Crippen molar-refractivity contribution in [3.63, 3.8) is 0 Å². The van der Waals surface area contributed by atoms with Crippen molar-refractivity contribution in [1.29, 1.82) is 0 Å². The van der Waals surface area contributed by atoms with Crippen LogP contribution in [0.25, 0.3) is 11.0 Å². The zero-order valence-electron chi connectivity index (χ0n) is 12.1. The molecule has 122 valence electrons. The Morgan fingerprint density at radius 1 is 1.33 bits per heavy atom. The smallest absolute Gasteiger partial charge is 0.261 e. The molecule has 7 nitrogen and oxygen atoms in total. The maximum atomic E-state index is 12.0. The molecule has 1 amide bonds. The summed E-state index contributed by atoms with van der Waals surface area (Å²) >= 11 is 6.56. The number of hydrazone groups is 1. The third kappa shape index (κ3) is 3.62. The number of benzene rings is 2. The van der Waals surface area contributed by atoms with Crippen LogP contribution in [0, 0.1) is 0 Å². The molecule has 0 saturated heterocycles. The van der Waals surface area contributed by atoms with Gasteiger partial charge in [0.25, 0.3) is 5.91 Å². The fourth-order valence-electron chi connectivity index (χ4n) is 2.06. The van der Waals surface area contributed by atoms with Crippen molar-refractivity contribution in [3.8, 4) is 5.75 Å². The lowest BCUT2D eigenvalue weighted by molar-refractivity contribution is -0.121.